The number of rotatable bonds is 1. The van der Waals surface area contributed by atoms with Crippen LogP contribution < -0.4 is 10.6 Å². The maximum Gasteiger partial charge on any atom is 0.0375 e. The van der Waals surface area contributed by atoms with Crippen LogP contribution in [0.5, 0.6) is 0 Å². The Morgan fingerprint density at radius 1 is 0.938 bits per heavy atom. The van der Waals surface area contributed by atoms with Gasteiger partial charge in [-0.1, -0.05) is 18.2 Å². The molecule has 0 spiro atoms. The summed E-state index contributed by atoms with van der Waals surface area (Å²) in [4.78, 5) is 0. The van der Waals surface area contributed by atoms with E-state index in [-0.39, 0.29) is 0 Å². The summed E-state index contributed by atoms with van der Waals surface area (Å²) < 4.78 is 0. The highest BCUT2D eigenvalue weighted by atomic mass is 14.9. The Bertz CT molecular complexity index is 356. The van der Waals surface area contributed by atoms with E-state index in [4.69, 9.17) is 0 Å². The average Bonchev–Trinajstić information content (AvgIpc) is 2.39. The first kappa shape index (κ1) is 10.2. The molecule has 2 N–H and O–H groups in total. The molecule has 0 aliphatic carbocycles. The molecule has 1 atom stereocenters. The van der Waals surface area contributed by atoms with Crippen LogP contribution in [0.2, 0.25) is 0 Å². The molecule has 0 radical (unpaired) electrons. The summed E-state index contributed by atoms with van der Waals surface area (Å²) in [5.41, 5.74) is 2.93. The number of hydrogen-bond donors (Lipinski definition) is 2. The summed E-state index contributed by atoms with van der Waals surface area (Å²) in [6.45, 7) is 3.55. The Hall–Kier alpha value is -1.02. The molecule has 2 heterocycles. The van der Waals surface area contributed by atoms with Crippen molar-refractivity contribution in [2.75, 3.05) is 25.0 Å². The van der Waals surface area contributed by atoms with Crippen LogP contribution in [-0.4, -0.2) is 19.6 Å². The zero-order chi connectivity index (χ0) is 10.8. The molecule has 0 bridgehead atoms. The Kier molecular flexibility index (Phi) is 2.83. The molecule has 1 fully saturated rings. The highest BCUT2D eigenvalue weighted by Gasteiger charge is 2.28. The van der Waals surface area contributed by atoms with Gasteiger partial charge in [-0.05, 0) is 55.8 Å². The first-order valence-electron chi connectivity index (χ1n) is 6.48. The molecule has 3 rings (SSSR count). The largest absolute Gasteiger partial charge is 0.385 e. The van der Waals surface area contributed by atoms with Crippen LogP contribution in [0.1, 0.15) is 30.7 Å². The summed E-state index contributed by atoms with van der Waals surface area (Å²) >= 11 is 0. The van der Waals surface area contributed by atoms with Gasteiger partial charge in [0.25, 0.3) is 0 Å². The quantitative estimate of drug-likeness (QED) is 0.754. The van der Waals surface area contributed by atoms with E-state index >= 15 is 0 Å². The van der Waals surface area contributed by atoms with E-state index in [0.29, 0.717) is 0 Å². The molecule has 1 unspecified atom stereocenters. The van der Waals surface area contributed by atoms with E-state index in [1.165, 1.54) is 38.0 Å². The van der Waals surface area contributed by atoms with Gasteiger partial charge in [0.15, 0.2) is 0 Å². The fourth-order valence-corrected chi connectivity index (χ4v) is 3.24. The van der Waals surface area contributed by atoms with Gasteiger partial charge in [0.05, 0.1) is 0 Å². The summed E-state index contributed by atoms with van der Waals surface area (Å²) in [5, 5.41) is 6.98. The molecule has 1 aromatic carbocycles. The van der Waals surface area contributed by atoms with Crippen molar-refractivity contribution in [1.29, 1.82) is 0 Å². The van der Waals surface area contributed by atoms with E-state index in [1.54, 1.807) is 5.56 Å². The third-order valence-electron chi connectivity index (χ3n) is 4.08. The highest BCUT2D eigenvalue weighted by Crippen LogP contribution is 2.39. The van der Waals surface area contributed by atoms with Crippen molar-refractivity contribution in [3.63, 3.8) is 0 Å². The molecule has 86 valence electrons. The van der Waals surface area contributed by atoms with Gasteiger partial charge < -0.3 is 10.6 Å². The van der Waals surface area contributed by atoms with Gasteiger partial charge in [-0.2, -0.15) is 0 Å². The van der Waals surface area contributed by atoms with Crippen molar-refractivity contribution < 1.29 is 0 Å². The number of piperidine rings is 1. The number of hydrogen-bond acceptors (Lipinski definition) is 2. The predicted molar refractivity (Wildman–Crippen MR) is 67.9 cm³/mol. The Balaban J connectivity index is 1.86. The van der Waals surface area contributed by atoms with Crippen LogP contribution in [0.15, 0.2) is 24.3 Å². The maximum absolute atomic E-state index is 3.52. The van der Waals surface area contributed by atoms with Gasteiger partial charge in [-0.25, -0.2) is 0 Å². The molecule has 2 aliphatic rings. The van der Waals surface area contributed by atoms with Crippen LogP contribution >= 0.6 is 0 Å². The molecule has 2 aliphatic heterocycles. The van der Waals surface area contributed by atoms with Gasteiger partial charge in [-0.3, -0.25) is 0 Å². The smallest absolute Gasteiger partial charge is 0.0375 e. The van der Waals surface area contributed by atoms with E-state index in [9.17, 15) is 0 Å². The van der Waals surface area contributed by atoms with Gasteiger partial charge in [-0.15, -0.1) is 0 Å². The van der Waals surface area contributed by atoms with E-state index < -0.39 is 0 Å². The summed E-state index contributed by atoms with van der Waals surface area (Å²) in [6.07, 6.45) is 4.00. The van der Waals surface area contributed by atoms with Crippen LogP contribution in [0, 0.1) is 5.92 Å². The van der Waals surface area contributed by atoms with Gasteiger partial charge in [0.1, 0.15) is 0 Å². The van der Waals surface area contributed by atoms with Crippen molar-refractivity contribution >= 4 is 5.69 Å². The number of nitrogens with one attached hydrogen (secondary N) is 2. The lowest BCUT2D eigenvalue weighted by Gasteiger charge is -2.35. The number of benzene rings is 1. The van der Waals surface area contributed by atoms with Crippen molar-refractivity contribution in [2.24, 2.45) is 5.92 Å². The first-order chi connectivity index (χ1) is 7.95. The third-order valence-corrected chi connectivity index (χ3v) is 4.08. The van der Waals surface area contributed by atoms with Crippen LogP contribution in [-0.2, 0) is 0 Å². The van der Waals surface area contributed by atoms with E-state index in [1.807, 2.05) is 0 Å². The number of fused-ring (bicyclic) bond motifs is 1. The molecule has 16 heavy (non-hydrogen) atoms. The molecule has 1 saturated heterocycles. The predicted octanol–water partition coefficient (Wildman–Crippen LogP) is 2.59. The SMILES string of the molecule is c1ccc2c(c1)NCCC2C1CCNCC1. The van der Waals surface area contributed by atoms with Crippen molar-refractivity contribution in [1.82, 2.24) is 5.32 Å². The molecular weight excluding hydrogens is 196 g/mol. The summed E-state index contributed by atoms with van der Waals surface area (Å²) in [5.74, 6) is 1.68. The second-order valence-corrected chi connectivity index (χ2v) is 5.00. The fraction of sp³-hybridized carbons (Fsp3) is 0.571. The van der Waals surface area contributed by atoms with E-state index in [0.717, 1.165) is 18.4 Å². The molecule has 1 aromatic rings. The summed E-state index contributed by atoms with van der Waals surface area (Å²) in [7, 11) is 0. The second-order valence-electron chi connectivity index (χ2n) is 5.00. The minimum absolute atomic E-state index is 0.791. The minimum atomic E-state index is 0.791. The molecule has 0 saturated carbocycles. The number of para-hydroxylation sites is 1. The van der Waals surface area contributed by atoms with E-state index in [2.05, 4.69) is 34.9 Å². The number of anilines is 1. The monoisotopic (exact) mass is 216 g/mol. The van der Waals surface area contributed by atoms with Gasteiger partial charge in [0, 0.05) is 12.2 Å². The normalized spacial score (nSPS) is 25.9. The zero-order valence-corrected chi connectivity index (χ0v) is 9.71. The molecule has 0 amide bonds. The van der Waals surface area contributed by atoms with Crippen molar-refractivity contribution in [3.8, 4) is 0 Å². The Morgan fingerprint density at radius 2 is 1.75 bits per heavy atom. The molecular formula is C14H20N2. The lowest BCUT2D eigenvalue weighted by molar-refractivity contribution is 0.307. The second kappa shape index (κ2) is 4.46. The zero-order valence-electron chi connectivity index (χ0n) is 9.71. The Labute approximate surface area is 97.4 Å². The average molecular weight is 216 g/mol. The summed E-state index contributed by atoms with van der Waals surface area (Å²) in [6, 6.07) is 8.85. The Morgan fingerprint density at radius 3 is 2.62 bits per heavy atom. The van der Waals surface area contributed by atoms with Crippen LogP contribution in [0.25, 0.3) is 0 Å². The topological polar surface area (TPSA) is 24.1 Å². The molecule has 0 aromatic heterocycles. The molecule has 2 nitrogen and oxygen atoms in total. The fourth-order valence-electron chi connectivity index (χ4n) is 3.24. The third kappa shape index (κ3) is 1.82. The maximum atomic E-state index is 3.52. The van der Waals surface area contributed by atoms with Crippen LogP contribution in [0.4, 0.5) is 5.69 Å². The first-order valence-corrected chi connectivity index (χ1v) is 6.48. The lowest BCUT2D eigenvalue weighted by atomic mass is 9.76. The lowest BCUT2D eigenvalue weighted by Crippen LogP contribution is -2.33. The minimum Gasteiger partial charge on any atom is -0.385 e. The van der Waals surface area contributed by atoms with Crippen LogP contribution in [0.3, 0.4) is 0 Å². The highest BCUT2D eigenvalue weighted by molar-refractivity contribution is 5.54. The van der Waals surface area contributed by atoms with Gasteiger partial charge in [0.2, 0.25) is 0 Å². The standard InChI is InChI=1S/C14H20N2/c1-2-4-14-13(3-1)12(7-10-16-14)11-5-8-15-9-6-11/h1-4,11-12,15-16H,5-10H2. The molecule has 2 heteroatoms. The van der Waals surface area contributed by atoms with Crippen molar-refractivity contribution in [3.05, 3.63) is 29.8 Å². The van der Waals surface area contributed by atoms with Crippen molar-refractivity contribution in [2.45, 2.75) is 25.2 Å². The van der Waals surface area contributed by atoms with Gasteiger partial charge >= 0.3 is 0 Å².